The molecule has 1 aromatic heterocycles. The lowest BCUT2D eigenvalue weighted by Crippen LogP contribution is -2.33. The van der Waals surface area contributed by atoms with E-state index in [1.165, 1.54) is 23.3 Å². The number of benzene rings is 3. The Morgan fingerprint density at radius 1 is 0.935 bits per heavy atom. The minimum Gasteiger partial charge on any atom is -0.389 e. The van der Waals surface area contributed by atoms with Gasteiger partial charge < -0.3 is 15.0 Å². The highest BCUT2D eigenvalue weighted by molar-refractivity contribution is 5.97. The monoisotopic (exact) mass is 416 g/mol. The van der Waals surface area contributed by atoms with Crippen LogP contribution < -0.4 is 5.32 Å². The molecule has 0 aliphatic rings. The average Bonchev–Trinajstić information content (AvgIpc) is 3.13. The van der Waals surface area contributed by atoms with Crippen LogP contribution in [0.5, 0.6) is 0 Å². The van der Waals surface area contributed by atoms with Crippen molar-refractivity contribution in [3.05, 3.63) is 95.9 Å². The van der Waals surface area contributed by atoms with Crippen molar-refractivity contribution in [2.75, 3.05) is 13.6 Å². The Labute approximate surface area is 183 Å². The summed E-state index contributed by atoms with van der Waals surface area (Å²) in [6.07, 6.45) is 1.39. The van der Waals surface area contributed by atoms with E-state index < -0.39 is 12.1 Å². The molecular weight excluding hydrogens is 387 g/mol. The van der Waals surface area contributed by atoms with Crippen LogP contribution in [0.15, 0.2) is 79.0 Å². The maximum absolute atomic E-state index is 14.1. The summed E-state index contributed by atoms with van der Waals surface area (Å²) in [7, 11) is 1.81. The van der Waals surface area contributed by atoms with Crippen molar-refractivity contribution >= 4 is 10.9 Å². The van der Waals surface area contributed by atoms with Crippen LogP contribution in [0.2, 0.25) is 0 Å². The van der Waals surface area contributed by atoms with Crippen molar-refractivity contribution in [2.45, 2.75) is 31.9 Å². The van der Waals surface area contributed by atoms with Crippen molar-refractivity contribution in [3.8, 4) is 11.1 Å². The molecule has 0 aliphatic heterocycles. The van der Waals surface area contributed by atoms with E-state index >= 15 is 0 Å². The fourth-order valence-electron chi connectivity index (χ4n) is 4.47. The number of hydrogen-bond acceptors (Lipinski definition) is 2. The summed E-state index contributed by atoms with van der Waals surface area (Å²) >= 11 is 0. The number of aliphatic hydroxyl groups is 1. The first-order valence-corrected chi connectivity index (χ1v) is 10.8. The van der Waals surface area contributed by atoms with Gasteiger partial charge in [-0.2, -0.15) is 0 Å². The molecule has 4 heteroatoms. The molecule has 0 bridgehead atoms. The molecule has 0 radical (unpaired) electrons. The molecule has 3 aromatic carbocycles. The number of aromatic nitrogens is 1. The maximum Gasteiger partial charge on any atom is 0.123 e. The van der Waals surface area contributed by atoms with Gasteiger partial charge in [-0.05, 0) is 47.9 Å². The quantitative estimate of drug-likeness (QED) is 0.403. The van der Waals surface area contributed by atoms with E-state index in [-0.39, 0.29) is 5.82 Å². The maximum atomic E-state index is 14.1. The highest BCUT2D eigenvalue weighted by atomic mass is 19.1. The summed E-state index contributed by atoms with van der Waals surface area (Å²) < 4.78 is 16.2. The van der Waals surface area contributed by atoms with Crippen LogP contribution in [0.25, 0.3) is 22.0 Å². The van der Waals surface area contributed by atoms with Gasteiger partial charge in [-0.25, -0.2) is 4.39 Å². The Hall–Kier alpha value is -2.95. The largest absolute Gasteiger partial charge is 0.389 e. The molecule has 1 heterocycles. The molecule has 0 fully saturated rings. The molecule has 0 amide bonds. The predicted molar refractivity (Wildman–Crippen MR) is 126 cm³/mol. The van der Waals surface area contributed by atoms with Crippen molar-refractivity contribution in [1.29, 1.82) is 0 Å². The van der Waals surface area contributed by atoms with Gasteiger partial charge >= 0.3 is 0 Å². The molecule has 0 saturated carbocycles. The van der Waals surface area contributed by atoms with Crippen LogP contribution in [-0.4, -0.2) is 29.4 Å². The molecule has 2 atom stereocenters. The second-order valence-corrected chi connectivity index (χ2v) is 8.33. The van der Waals surface area contributed by atoms with Crippen LogP contribution in [0.3, 0.4) is 0 Å². The number of aliphatic hydroxyl groups excluding tert-OH is 1. The minimum absolute atomic E-state index is 0.305. The van der Waals surface area contributed by atoms with Gasteiger partial charge in [-0.15, -0.1) is 0 Å². The standard InChI is InChI=1S/C27H29FN2O/c1-18(2)21-11-4-5-12-22(21)24-17-30(25-14-7-6-13-23(24)25)27(26(31)16-29-3)19-9-8-10-20(28)15-19/h4-15,17-18,26-27,29,31H,16H2,1-3H3. The zero-order valence-corrected chi connectivity index (χ0v) is 18.2. The van der Waals surface area contributed by atoms with E-state index in [2.05, 4.69) is 66.3 Å². The lowest BCUT2D eigenvalue weighted by atomic mass is 9.92. The summed E-state index contributed by atoms with van der Waals surface area (Å²) in [4.78, 5) is 0. The molecule has 160 valence electrons. The highest BCUT2D eigenvalue weighted by Crippen LogP contribution is 2.38. The minimum atomic E-state index is -0.726. The second-order valence-electron chi connectivity index (χ2n) is 8.33. The summed E-state index contributed by atoms with van der Waals surface area (Å²) in [5, 5.41) is 15.3. The SMILES string of the molecule is CNCC(O)C(c1cccc(F)c1)n1cc(-c2ccccc2C(C)C)c2ccccc21. The molecule has 2 N–H and O–H groups in total. The molecule has 31 heavy (non-hydrogen) atoms. The number of para-hydroxylation sites is 1. The van der Waals surface area contributed by atoms with Crippen molar-refractivity contribution in [2.24, 2.45) is 0 Å². The van der Waals surface area contributed by atoms with Crippen molar-refractivity contribution in [3.63, 3.8) is 0 Å². The number of halogens is 1. The number of rotatable bonds is 7. The first-order chi connectivity index (χ1) is 15.0. The second kappa shape index (κ2) is 9.04. The normalized spacial score (nSPS) is 13.6. The lowest BCUT2D eigenvalue weighted by molar-refractivity contribution is 0.132. The Bertz CT molecular complexity index is 1180. The van der Waals surface area contributed by atoms with E-state index in [0.717, 1.165) is 22.0 Å². The number of nitrogens with zero attached hydrogens (tertiary/aromatic N) is 1. The van der Waals surface area contributed by atoms with Gasteiger partial charge in [0, 0.05) is 29.2 Å². The molecule has 4 rings (SSSR count). The van der Waals surface area contributed by atoms with Gasteiger partial charge in [0.05, 0.1) is 12.1 Å². The summed E-state index contributed by atoms with van der Waals surface area (Å²) in [5.41, 5.74) is 5.35. The van der Waals surface area contributed by atoms with Crippen LogP contribution >= 0.6 is 0 Å². The third-order valence-corrected chi connectivity index (χ3v) is 5.88. The van der Waals surface area contributed by atoms with E-state index in [9.17, 15) is 9.50 Å². The third-order valence-electron chi connectivity index (χ3n) is 5.88. The Morgan fingerprint density at radius 3 is 2.42 bits per heavy atom. The zero-order chi connectivity index (χ0) is 22.0. The van der Waals surface area contributed by atoms with E-state index in [1.807, 2.05) is 25.2 Å². The third kappa shape index (κ3) is 4.14. The number of likely N-dealkylation sites (N-methyl/N-ethyl adjacent to an activating group) is 1. The fourth-order valence-corrected chi connectivity index (χ4v) is 4.47. The van der Waals surface area contributed by atoms with Crippen LogP contribution in [-0.2, 0) is 0 Å². The topological polar surface area (TPSA) is 37.2 Å². The molecule has 4 aromatic rings. The van der Waals surface area contributed by atoms with E-state index in [4.69, 9.17) is 0 Å². The Kier molecular flexibility index (Phi) is 6.21. The zero-order valence-electron chi connectivity index (χ0n) is 18.2. The fraction of sp³-hybridized carbons (Fsp3) is 0.259. The van der Waals surface area contributed by atoms with Gasteiger partial charge in [-0.1, -0.05) is 68.4 Å². The number of hydrogen-bond donors (Lipinski definition) is 2. The van der Waals surface area contributed by atoms with Gasteiger partial charge in [0.25, 0.3) is 0 Å². The highest BCUT2D eigenvalue weighted by Gasteiger charge is 2.26. The molecule has 2 unspecified atom stereocenters. The first-order valence-electron chi connectivity index (χ1n) is 10.8. The average molecular weight is 417 g/mol. The van der Waals surface area contributed by atoms with Crippen molar-refractivity contribution in [1.82, 2.24) is 9.88 Å². The lowest BCUT2D eigenvalue weighted by Gasteiger charge is -2.26. The van der Waals surface area contributed by atoms with Crippen LogP contribution in [0.4, 0.5) is 4.39 Å². The predicted octanol–water partition coefficient (Wildman–Crippen LogP) is 5.74. The van der Waals surface area contributed by atoms with E-state index in [0.29, 0.717) is 12.5 Å². The molecule has 3 nitrogen and oxygen atoms in total. The summed E-state index contributed by atoms with van der Waals surface area (Å²) in [5.74, 6) is 0.0770. The Morgan fingerprint density at radius 2 is 1.68 bits per heavy atom. The van der Waals surface area contributed by atoms with E-state index in [1.54, 1.807) is 6.07 Å². The molecule has 0 saturated heterocycles. The first kappa shape index (κ1) is 21.3. The molecule has 0 aliphatic carbocycles. The molecule has 0 spiro atoms. The van der Waals surface area contributed by atoms with Gasteiger partial charge in [0.15, 0.2) is 0 Å². The molecular formula is C27H29FN2O. The summed E-state index contributed by atoms with van der Waals surface area (Å²) in [6.45, 7) is 4.79. The number of nitrogens with one attached hydrogen (secondary N) is 1. The summed E-state index contributed by atoms with van der Waals surface area (Å²) in [6, 6.07) is 22.8. The van der Waals surface area contributed by atoms with Gasteiger partial charge in [0.1, 0.15) is 5.82 Å². The smallest absolute Gasteiger partial charge is 0.123 e. The van der Waals surface area contributed by atoms with Crippen LogP contribution in [0, 0.1) is 5.82 Å². The van der Waals surface area contributed by atoms with Crippen molar-refractivity contribution < 1.29 is 9.50 Å². The van der Waals surface area contributed by atoms with Crippen LogP contribution in [0.1, 0.15) is 36.9 Å². The van der Waals surface area contributed by atoms with Gasteiger partial charge in [-0.3, -0.25) is 0 Å². The Balaban J connectivity index is 1.97. The van der Waals surface area contributed by atoms with Gasteiger partial charge in [0.2, 0.25) is 0 Å². The number of fused-ring (bicyclic) bond motifs is 1.